The van der Waals surface area contributed by atoms with Gasteiger partial charge in [-0.05, 0) is 48.6 Å². The maximum atomic E-state index is 13.3. The number of anilines is 1. The third-order valence-electron chi connectivity index (χ3n) is 5.72. The van der Waals surface area contributed by atoms with Gasteiger partial charge in [-0.3, -0.25) is 13.9 Å². The molecule has 0 fully saturated rings. The minimum atomic E-state index is -3.52. The number of sulfonamides is 1. The summed E-state index contributed by atoms with van der Waals surface area (Å²) in [4.78, 5) is 27.3. The molecule has 1 atom stereocenters. The molecule has 0 radical (unpaired) electrons. The van der Waals surface area contributed by atoms with Crippen LogP contribution in [0.4, 0.5) is 5.69 Å². The molecule has 2 aromatic rings. The van der Waals surface area contributed by atoms with Gasteiger partial charge in [0.1, 0.15) is 6.04 Å². The van der Waals surface area contributed by atoms with Gasteiger partial charge >= 0.3 is 0 Å². The lowest BCUT2D eigenvalue weighted by Crippen LogP contribution is -2.48. The van der Waals surface area contributed by atoms with Gasteiger partial charge in [0.25, 0.3) is 0 Å². The minimum absolute atomic E-state index is 0.0943. The molecular formula is C25H34ClN3O4S. The van der Waals surface area contributed by atoms with Crippen LogP contribution in [-0.4, -0.2) is 51.0 Å². The molecule has 2 amide bonds. The Labute approximate surface area is 208 Å². The largest absolute Gasteiger partial charge is 0.357 e. The number of halogens is 1. The predicted molar refractivity (Wildman–Crippen MR) is 137 cm³/mol. The number of hydrogen-bond donors (Lipinski definition) is 1. The van der Waals surface area contributed by atoms with E-state index >= 15 is 0 Å². The Morgan fingerprint density at radius 2 is 1.71 bits per heavy atom. The Balaban J connectivity index is 2.19. The first-order chi connectivity index (χ1) is 16.1. The third-order valence-corrected chi connectivity index (χ3v) is 7.28. The highest BCUT2D eigenvalue weighted by molar-refractivity contribution is 7.92. The number of hydrogen-bond acceptors (Lipinski definition) is 4. The van der Waals surface area contributed by atoms with Gasteiger partial charge in [-0.1, -0.05) is 55.8 Å². The minimum Gasteiger partial charge on any atom is -0.357 e. The molecule has 186 valence electrons. The molecule has 34 heavy (non-hydrogen) atoms. The van der Waals surface area contributed by atoms with Crippen molar-refractivity contribution in [1.82, 2.24) is 10.2 Å². The second kappa shape index (κ2) is 12.8. The highest BCUT2D eigenvalue weighted by Crippen LogP contribution is 2.22. The normalized spacial score (nSPS) is 12.1. The van der Waals surface area contributed by atoms with Crippen molar-refractivity contribution in [2.45, 2.75) is 52.1 Å². The van der Waals surface area contributed by atoms with E-state index < -0.39 is 16.1 Å². The smallest absolute Gasteiger partial charge is 0.242 e. The number of carbonyl (C=O) groups is 2. The van der Waals surface area contributed by atoms with Crippen LogP contribution in [0.2, 0.25) is 5.02 Å². The first-order valence-electron chi connectivity index (χ1n) is 11.4. The van der Waals surface area contributed by atoms with Gasteiger partial charge in [-0.25, -0.2) is 8.42 Å². The zero-order chi connectivity index (χ0) is 25.3. The number of carbonyl (C=O) groups excluding carboxylic acids is 2. The molecule has 2 rings (SSSR count). The van der Waals surface area contributed by atoms with E-state index in [1.165, 1.54) is 16.3 Å². The fourth-order valence-electron chi connectivity index (χ4n) is 3.80. The van der Waals surface area contributed by atoms with Crippen LogP contribution in [0.5, 0.6) is 0 Å². The summed E-state index contributed by atoms with van der Waals surface area (Å²) in [5, 5.41) is 3.14. The number of rotatable bonds is 12. The first kappa shape index (κ1) is 27.7. The lowest BCUT2D eigenvalue weighted by atomic mass is 10.1. The van der Waals surface area contributed by atoms with Crippen LogP contribution in [0.15, 0.2) is 48.5 Å². The molecule has 1 N–H and O–H groups in total. The zero-order valence-corrected chi connectivity index (χ0v) is 21.8. The number of nitrogens with one attached hydrogen (secondary N) is 1. The van der Waals surface area contributed by atoms with Crippen molar-refractivity contribution in [3.05, 3.63) is 64.7 Å². The molecule has 0 aliphatic rings. The van der Waals surface area contributed by atoms with Crippen molar-refractivity contribution in [3.63, 3.8) is 0 Å². The maximum absolute atomic E-state index is 13.3. The second-order valence-corrected chi connectivity index (χ2v) is 10.4. The van der Waals surface area contributed by atoms with E-state index in [0.29, 0.717) is 23.6 Å². The highest BCUT2D eigenvalue weighted by atomic mass is 35.5. The van der Waals surface area contributed by atoms with Crippen molar-refractivity contribution in [1.29, 1.82) is 0 Å². The molecule has 0 aromatic heterocycles. The van der Waals surface area contributed by atoms with E-state index in [-0.39, 0.29) is 31.3 Å². The Morgan fingerprint density at radius 1 is 1.06 bits per heavy atom. The van der Waals surface area contributed by atoms with E-state index in [4.69, 9.17) is 11.6 Å². The van der Waals surface area contributed by atoms with Gasteiger partial charge in [0.15, 0.2) is 0 Å². The van der Waals surface area contributed by atoms with Crippen molar-refractivity contribution < 1.29 is 18.0 Å². The number of benzene rings is 2. The van der Waals surface area contributed by atoms with Crippen LogP contribution in [-0.2, 0) is 32.6 Å². The molecule has 2 aromatic carbocycles. The van der Waals surface area contributed by atoms with Crippen LogP contribution in [0, 0.1) is 0 Å². The van der Waals surface area contributed by atoms with Crippen LogP contribution in [0.3, 0.4) is 0 Å². The van der Waals surface area contributed by atoms with E-state index in [9.17, 15) is 18.0 Å². The summed E-state index contributed by atoms with van der Waals surface area (Å²) in [5.41, 5.74) is 2.42. The Hall–Kier alpha value is -2.58. The molecule has 0 aliphatic heterocycles. The van der Waals surface area contributed by atoms with E-state index in [2.05, 4.69) is 5.32 Å². The van der Waals surface area contributed by atoms with Gasteiger partial charge in [0, 0.05) is 31.6 Å². The van der Waals surface area contributed by atoms with Crippen molar-refractivity contribution >= 4 is 39.1 Å². The first-order valence-corrected chi connectivity index (χ1v) is 13.7. The summed E-state index contributed by atoms with van der Waals surface area (Å²) in [5.74, 6) is -0.484. The molecule has 0 spiro atoms. The van der Waals surface area contributed by atoms with Gasteiger partial charge in [-0.2, -0.15) is 0 Å². The quantitative estimate of drug-likeness (QED) is 0.470. The van der Waals surface area contributed by atoms with E-state index in [1.807, 2.05) is 38.1 Å². The molecule has 0 saturated heterocycles. The number of likely N-dealkylation sites (N-methyl/N-ethyl adjacent to an activating group) is 1. The molecule has 0 heterocycles. The number of amides is 2. The molecular weight excluding hydrogens is 474 g/mol. The van der Waals surface area contributed by atoms with Crippen LogP contribution < -0.4 is 9.62 Å². The standard InChI is InChI=1S/C25H34ClN3O4S/c1-5-19-13-15-21(16-14-19)29(34(4,32)33)17-9-12-24(30)28(23(6-2)25(31)27-3)18-20-10-7-8-11-22(20)26/h7-8,10-11,13-16,23H,5-6,9,12,17-18H2,1-4H3,(H,27,31)/t23-/m1/s1. The van der Waals surface area contributed by atoms with Crippen molar-refractivity contribution in [3.8, 4) is 0 Å². The van der Waals surface area contributed by atoms with Crippen LogP contribution in [0.1, 0.15) is 44.2 Å². The molecule has 7 nitrogen and oxygen atoms in total. The number of aryl methyl sites for hydroxylation is 1. The van der Waals surface area contributed by atoms with Crippen LogP contribution >= 0.6 is 11.6 Å². The van der Waals surface area contributed by atoms with Gasteiger partial charge in [0.2, 0.25) is 21.8 Å². The lowest BCUT2D eigenvalue weighted by Gasteiger charge is -2.31. The molecule has 0 unspecified atom stereocenters. The van der Waals surface area contributed by atoms with Crippen LogP contribution in [0.25, 0.3) is 0 Å². The third kappa shape index (κ3) is 7.46. The Kier molecular flexibility index (Phi) is 10.4. The fourth-order valence-corrected chi connectivity index (χ4v) is 4.96. The van der Waals surface area contributed by atoms with Gasteiger partial charge in [-0.15, -0.1) is 0 Å². The van der Waals surface area contributed by atoms with Gasteiger partial charge in [0.05, 0.1) is 11.9 Å². The Morgan fingerprint density at radius 3 is 2.24 bits per heavy atom. The summed E-state index contributed by atoms with van der Waals surface area (Å²) >= 11 is 6.31. The van der Waals surface area contributed by atoms with Crippen molar-refractivity contribution in [2.75, 3.05) is 24.2 Å². The van der Waals surface area contributed by atoms with E-state index in [0.717, 1.165) is 23.8 Å². The molecule has 9 heteroatoms. The SMILES string of the molecule is CCc1ccc(N(CCCC(=O)N(Cc2ccccc2Cl)[C@H](CC)C(=O)NC)S(C)(=O)=O)cc1. The predicted octanol–water partition coefficient (Wildman–Crippen LogP) is 4.00. The summed E-state index contributed by atoms with van der Waals surface area (Å²) < 4.78 is 26.2. The Bertz CT molecular complexity index is 1070. The number of nitrogens with zero attached hydrogens (tertiary/aromatic N) is 2. The monoisotopic (exact) mass is 507 g/mol. The van der Waals surface area contributed by atoms with E-state index in [1.54, 1.807) is 24.3 Å². The second-order valence-electron chi connectivity index (χ2n) is 8.11. The molecule has 0 saturated carbocycles. The molecule has 0 bridgehead atoms. The topological polar surface area (TPSA) is 86.8 Å². The highest BCUT2D eigenvalue weighted by Gasteiger charge is 2.28. The summed E-state index contributed by atoms with van der Waals surface area (Å²) in [6.45, 7) is 4.23. The maximum Gasteiger partial charge on any atom is 0.242 e. The lowest BCUT2D eigenvalue weighted by molar-refractivity contribution is -0.141. The zero-order valence-electron chi connectivity index (χ0n) is 20.3. The average Bonchev–Trinajstić information content (AvgIpc) is 2.81. The summed E-state index contributed by atoms with van der Waals surface area (Å²) in [6, 6.07) is 13.9. The summed E-state index contributed by atoms with van der Waals surface area (Å²) in [7, 11) is -1.98. The van der Waals surface area contributed by atoms with Crippen molar-refractivity contribution in [2.24, 2.45) is 0 Å². The van der Waals surface area contributed by atoms with Gasteiger partial charge < -0.3 is 10.2 Å². The summed E-state index contributed by atoms with van der Waals surface area (Å²) in [6.07, 6.45) is 2.86. The molecule has 0 aliphatic carbocycles. The fraction of sp³-hybridized carbons (Fsp3) is 0.440. The average molecular weight is 508 g/mol.